The van der Waals surface area contributed by atoms with Gasteiger partial charge >= 0.3 is 0 Å². The van der Waals surface area contributed by atoms with Gasteiger partial charge in [-0.3, -0.25) is 9.36 Å². The van der Waals surface area contributed by atoms with Crippen molar-refractivity contribution >= 4 is 17.7 Å². The second-order valence-electron chi connectivity index (χ2n) is 7.51. The summed E-state index contributed by atoms with van der Waals surface area (Å²) >= 11 is 1.33. The summed E-state index contributed by atoms with van der Waals surface area (Å²) in [5, 5.41) is 9.24. The maximum Gasteiger partial charge on any atom is 0.232 e. The van der Waals surface area contributed by atoms with Gasteiger partial charge in [-0.25, -0.2) is 0 Å². The van der Waals surface area contributed by atoms with Crippen molar-refractivity contribution in [1.29, 1.82) is 0 Å². The predicted octanol–water partition coefficient (Wildman–Crippen LogP) is 3.92. The summed E-state index contributed by atoms with van der Waals surface area (Å²) < 4.78 is 19.2. The van der Waals surface area contributed by atoms with Gasteiger partial charge in [-0.1, -0.05) is 42.1 Å². The van der Waals surface area contributed by atoms with Crippen LogP contribution in [0, 0.1) is 0 Å². The molecule has 0 spiro atoms. The van der Waals surface area contributed by atoms with Crippen LogP contribution in [-0.4, -0.2) is 57.6 Å². The summed E-state index contributed by atoms with van der Waals surface area (Å²) in [4.78, 5) is 14.5. The van der Waals surface area contributed by atoms with E-state index < -0.39 is 0 Å². The summed E-state index contributed by atoms with van der Waals surface area (Å²) in [6, 6.07) is 20.9. The molecule has 3 heterocycles. The predicted molar refractivity (Wildman–Crippen MR) is 124 cm³/mol. The zero-order chi connectivity index (χ0) is 22.6. The molecule has 0 saturated heterocycles. The molecule has 1 atom stereocenters. The Balaban J connectivity index is 1.26. The van der Waals surface area contributed by atoms with E-state index in [1.165, 1.54) is 11.8 Å². The lowest BCUT2D eigenvalue weighted by Crippen LogP contribution is -2.42. The molecule has 0 unspecified atom stereocenters. The lowest BCUT2D eigenvalue weighted by Gasteiger charge is -2.29. The number of carbonyl (C=O) groups excluding carboxylic acids is 1. The van der Waals surface area contributed by atoms with E-state index in [0.717, 1.165) is 11.4 Å². The Morgan fingerprint density at radius 2 is 1.85 bits per heavy atom. The second kappa shape index (κ2) is 9.41. The van der Waals surface area contributed by atoms with Crippen LogP contribution in [0.4, 0.5) is 0 Å². The summed E-state index contributed by atoms with van der Waals surface area (Å²) in [6.07, 6.45) is 1.37. The van der Waals surface area contributed by atoms with E-state index in [-0.39, 0.29) is 17.8 Å². The highest BCUT2D eigenvalue weighted by Gasteiger charge is 2.25. The van der Waals surface area contributed by atoms with E-state index in [1.54, 1.807) is 24.3 Å². The minimum atomic E-state index is -0.225. The summed E-state index contributed by atoms with van der Waals surface area (Å²) in [6.45, 7) is 0.827. The van der Waals surface area contributed by atoms with Crippen LogP contribution in [0.5, 0.6) is 11.5 Å². The third-order valence-corrected chi connectivity index (χ3v) is 6.10. The van der Waals surface area contributed by atoms with Gasteiger partial charge in [-0.05, 0) is 36.4 Å². The van der Waals surface area contributed by atoms with E-state index in [9.17, 15) is 4.79 Å². The molecule has 5 rings (SSSR count). The Bertz CT molecular complexity index is 1230. The molecule has 0 fully saturated rings. The maximum absolute atomic E-state index is 12.9. The van der Waals surface area contributed by atoms with Crippen LogP contribution in [0.1, 0.15) is 0 Å². The quantitative estimate of drug-likeness (QED) is 0.385. The van der Waals surface area contributed by atoms with Crippen LogP contribution in [-0.2, 0) is 4.79 Å². The third-order valence-electron chi connectivity index (χ3n) is 5.18. The molecular formula is C24H22N4O4S. The van der Waals surface area contributed by atoms with Crippen molar-refractivity contribution in [2.45, 2.75) is 11.3 Å². The van der Waals surface area contributed by atoms with Crippen LogP contribution >= 0.6 is 11.8 Å². The van der Waals surface area contributed by atoms with Gasteiger partial charge in [0.1, 0.15) is 6.61 Å². The Hall–Kier alpha value is -3.72. The summed E-state index contributed by atoms with van der Waals surface area (Å²) in [5.74, 6) is 2.79. The van der Waals surface area contributed by atoms with Crippen molar-refractivity contribution < 1.29 is 18.7 Å². The normalized spacial score (nSPS) is 14.8. The van der Waals surface area contributed by atoms with Crippen LogP contribution in [0.2, 0.25) is 0 Å². The third kappa shape index (κ3) is 4.58. The monoisotopic (exact) mass is 462 g/mol. The fourth-order valence-electron chi connectivity index (χ4n) is 3.54. The first kappa shape index (κ1) is 21.1. The molecule has 33 heavy (non-hydrogen) atoms. The number of furan rings is 1. The SMILES string of the molecule is CN(C[C@H]1COc2ccccc2O1)C(=O)CSc1nnc(-c2ccco2)n1-c1ccccc1. The average molecular weight is 463 g/mol. The molecule has 1 aliphatic heterocycles. The second-order valence-corrected chi connectivity index (χ2v) is 8.46. The molecule has 2 aromatic heterocycles. The van der Waals surface area contributed by atoms with Gasteiger partial charge in [0, 0.05) is 12.7 Å². The highest BCUT2D eigenvalue weighted by Crippen LogP contribution is 2.31. The Labute approximate surface area is 195 Å². The first-order valence-corrected chi connectivity index (χ1v) is 11.5. The van der Waals surface area contributed by atoms with Crippen LogP contribution < -0.4 is 9.47 Å². The minimum absolute atomic E-state index is 0.0374. The molecule has 0 radical (unpaired) electrons. The number of hydrogen-bond acceptors (Lipinski definition) is 7. The standard InChI is InChI=1S/C24H22N4O4S/c1-27(14-18-15-31-19-10-5-6-11-20(19)32-18)22(29)16-33-24-26-25-23(21-12-7-13-30-21)28(24)17-8-3-2-4-9-17/h2-13,18H,14-16H2,1H3/t18-/m0/s1. The van der Waals surface area contributed by atoms with Crippen LogP contribution in [0.15, 0.2) is 82.6 Å². The lowest BCUT2D eigenvalue weighted by atomic mass is 10.2. The van der Waals surface area contributed by atoms with Gasteiger partial charge in [0.2, 0.25) is 11.7 Å². The highest BCUT2D eigenvalue weighted by molar-refractivity contribution is 7.99. The number of hydrogen-bond donors (Lipinski definition) is 0. The Morgan fingerprint density at radius 3 is 2.64 bits per heavy atom. The van der Waals surface area contributed by atoms with E-state index in [2.05, 4.69) is 10.2 Å². The summed E-state index contributed by atoms with van der Waals surface area (Å²) in [7, 11) is 1.77. The van der Waals surface area contributed by atoms with E-state index in [4.69, 9.17) is 13.9 Å². The summed E-state index contributed by atoms with van der Waals surface area (Å²) in [5.41, 5.74) is 0.892. The number of aromatic nitrogens is 3. The minimum Gasteiger partial charge on any atom is -0.486 e. The molecule has 0 saturated carbocycles. The number of nitrogens with zero attached hydrogens (tertiary/aromatic N) is 4. The van der Waals surface area contributed by atoms with Gasteiger partial charge in [0.15, 0.2) is 28.5 Å². The van der Waals surface area contributed by atoms with Gasteiger partial charge in [-0.15, -0.1) is 10.2 Å². The fraction of sp³-hybridized carbons (Fsp3) is 0.208. The molecule has 8 nitrogen and oxygen atoms in total. The van der Waals surface area contributed by atoms with Crippen molar-refractivity contribution in [1.82, 2.24) is 19.7 Å². The van der Waals surface area contributed by atoms with Crippen LogP contribution in [0.3, 0.4) is 0 Å². The Kier molecular flexibility index (Phi) is 6.03. The molecule has 1 aliphatic rings. The molecule has 0 bridgehead atoms. The first-order chi connectivity index (χ1) is 16.2. The van der Waals surface area contributed by atoms with Crippen molar-refractivity contribution in [3.63, 3.8) is 0 Å². The smallest absolute Gasteiger partial charge is 0.232 e. The molecule has 168 valence electrons. The number of rotatable bonds is 7. The number of amides is 1. The molecule has 9 heteroatoms. The molecular weight excluding hydrogens is 440 g/mol. The number of thioether (sulfide) groups is 1. The Morgan fingerprint density at radius 1 is 1.06 bits per heavy atom. The molecule has 0 N–H and O–H groups in total. The molecule has 4 aromatic rings. The lowest BCUT2D eigenvalue weighted by molar-refractivity contribution is -0.128. The topological polar surface area (TPSA) is 82.6 Å². The highest BCUT2D eigenvalue weighted by atomic mass is 32.2. The maximum atomic E-state index is 12.9. The van der Waals surface area contributed by atoms with Crippen LogP contribution in [0.25, 0.3) is 17.3 Å². The zero-order valence-corrected chi connectivity index (χ0v) is 18.8. The number of fused-ring (bicyclic) bond motifs is 1. The van der Waals surface area contributed by atoms with Gasteiger partial charge < -0.3 is 18.8 Å². The molecule has 2 aromatic carbocycles. The van der Waals surface area contributed by atoms with Gasteiger partial charge in [-0.2, -0.15) is 0 Å². The van der Waals surface area contributed by atoms with Crippen molar-refractivity contribution in [3.8, 4) is 28.8 Å². The fourth-order valence-corrected chi connectivity index (χ4v) is 4.43. The average Bonchev–Trinajstić information content (AvgIpc) is 3.53. The zero-order valence-electron chi connectivity index (χ0n) is 18.0. The molecule has 0 aliphatic carbocycles. The number of ether oxygens (including phenoxy) is 2. The van der Waals surface area contributed by atoms with Gasteiger partial charge in [0.05, 0.1) is 18.6 Å². The number of carbonyl (C=O) groups is 1. The van der Waals surface area contributed by atoms with Gasteiger partial charge in [0.25, 0.3) is 0 Å². The number of para-hydroxylation sites is 3. The van der Waals surface area contributed by atoms with Crippen molar-refractivity contribution in [2.75, 3.05) is 26.0 Å². The van der Waals surface area contributed by atoms with Crippen molar-refractivity contribution in [2.24, 2.45) is 0 Å². The largest absolute Gasteiger partial charge is 0.486 e. The van der Waals surface area contributed by atoms with E-state index in [1.807, 2.05) is 65.2 Å². The first-order valence-electron chi connectivity index (χ1n) is 10.5. The van der Waals surface area contributed by atoms with E-state index >= 15 is 0 Å². The number of likely N-dealkylation sites (N-methyl/N-ethyl adjacent to an activating group) is 1. The molecule has 1 amide bonds. The van der Waals surface area contributed by atoms with Crippen molar-refractivity contribution in [3.05, 3.63) is 73.0 Å². The number of benzene rings is 2. The van der Waals surface area contributed by atoms with E-state index in [0.29, 0.717) is 35.6 Å².